The Balaban J connectivity index is 0.000000190. The number of hydrogen-bond donors (Lipinski definition) is 3. The Morgan fingerprint density at radius 3 is 2.54 bits per heavy atom. The van der Waals surface area contributed by atoms with Gasteiger partial charge in [-0.05, 0) is 53.4 Å². The molecule has 0 saturated carbocycles. The Morgan fingerprint density at radius 1 is 1.04 bits per heavy atom. The predicted octanol–water partition coefficient (Wildman–Crippen LogP) is 4.48. The first-order chi connectivity index (χ1) is 12.7. The van der Waals surface area contributed by atoms with Crippen molar-refractivity contribution in [3.05, 3.63) is 71.8 Å². The molecule has 4 heteroatoms. The van der Waals surface area contributed by atoms with Crippen LogP contribution in [-0.2, 0) is 11.3 Å². The zero-order chi connectivity index (χ0) is 18.8. The summed E-state index contributed by atoms with van der Waals surface area (Å²) in [5.41, 5.74) is 10.0. The van der Waals surface area contributed by atoms with Crippen molar-refractivity contribution in [3.8, 4) is 0 Å². The maximum Gasteiger partial charge on any atom is 0.207 e. The molecule has 26 heavy (non-hydrogen) atoms. The first kappa shape index (κ1) is 19.3. The number of fused-ring (bicyclic) bond motifs is 1. The number of anilines is 2. The molecule has 0 aromatic heterocycles. The van der Waals surface area contributed by atoms with Crippen LogP contribution in [0.1, 0.15) is 24.5 Å². The zero-order valence-corrected chi connectivity index (χ0v) is 15.5. The third-order valence-corrected chi connectivity index (χ3v) is 4.07. The average molecular weight is 349 g/mol. The minimum Gasteiger partial charge on any atom is -0.399 e. The molecule has 0 aliphatic heterocycles. The van der Waals surface area contributed by atoms with Gasteiger partial charge >= 0.3 is 0 Å². The van der Waals surface area contributed by atoms with Crippen molar-refractivity contribution in [3.63, 3.8) is 0 Å². The molecule has 0 aliphatic carbocycles. The maximum absolute atomic E-state index is 10.2. The molecule has 3 rings (SSSR count). The van der Waals surface area contributed by atoms with E-state index in [4.69, 9.17) is 5.73 Å². The molecule has 0 saturated heterocycles. The number of nitrogens with one attached hydrogen (secondary N) is 2. The van der Waals surface area contributed by atoms with Crippen LogP contribution >= 0.6 is 0 Å². The molecule has 4 N–H and O–H groups in total. The second-order valence-electron chi connectivity index (χ2n) is 6.14. The standard InChI is InChI=1S/C12H11NO.C10H16N2/c14-9-13-8-11-6-3-5-10-4-1-2-7-12(10)11;1-3-6-12-10-5-4-9(11)7-8(10)2/h1-7,9H,8H2,(H,13,14);4-5,7,12H,3,6,11H2,1-2H3. The SMILES string of the molecule is CCCNc1ccc(N)cc1C.O=CNCc1cccc2ccccc12. The molecule has 0 radical (unpaired) electrons. The minimum absolute atomic E-state index is 0.588. The highest BCUT2D eigenvalue weighted by Gasteiger charge is 1.98. The highest BCUT2D eigenvalue weighted by atomic mass is 16.1. The maximum atomic E-state index is 10.2. The van der Waals surface area contributed by atoms with Crippen LogP contribution in [0.2, 0.25) is 0 Å². The topological polar surface area (TPSA) is 67.1 Å². The van der Waals surface area contributed by atoms with Gasteiger partial charge in [0, 0.05) is 24.5 Å². The molecule has 0 aliphatic rings. The van der Waals surface area contributed by atoms with E-state index in [-0.39, 0.29) is 0 Å². The van der Waals surface area contributed by atoms with Crippen molar-refractivity contribution in [2.45, 2.75) is 26.8 Å². The number of carbonyl (C=O) groups excluding carboxylic acids is 1. The number of benzene rings is 3. The third kappa shape index (κ3) is 5.52. The highest BCUT2D eigenvalue weighted by Crippen LogP contribution is 2.18. The smallest absolute Gasteiger partial charge is 0.207 e. The lowest BCUT2D eigenvalue weighted by Gasteiger charge is -2.08. The summed E-state index contributed by atoms with van der Waals surface area (Å²) in [5, 5.41) is 8.42. The zero-order valence-electron chi connectivity index (χ0n) is 15.5. The lowest BCUT2D eigenvalue weighted by molar-refractivity contribution is -0.109. The molecule has 3 aromatic rings. The lowest BCUT2D eigenvalue weighted by atomic mass is 10.0. The van der Waals surface area contributed by atoms with Crippen LogP contribution in [0.15, 0.2) is 60.7 Å². The molecule has 1 amide bonds. The van der Waals surface area contributed by atoms with Gasteiger partial charge in [-0.2, -0.15) is 0 Å². The Bertz CT molecular complexity index is 840. The largest absolute Gasteiger partial charge is 0.399 e. The van der Waals surface area contributed by atoms with Crippen LogP contribution in [0.25, 0.3) is 10.8 Å². The number of nitrogens with two attached hydrogens (primary N) is 1. The van der Waals surface area contributed by atoms with Gasteiger partial charge in [-0.1, -0.05) is 49.4 Å². The van der Waals surface area contributed by atoms with E-state index in [1.165, 1.54) is 22.0 Å². The fraction of sp³-hybridized carbons (Fsp3) is 0.227. The number of carbonyl (C=O) groups is 1. The fourth-order valence-electron chi connectivity index (χ4n) is 2.74. The third-order valence-electron chi connectivity index (χ3n) is 4.07. The quantitative estimate of drug-likeness (QED) is 0.454. The summed E-state index contributed by atoms with van der Waals surface area (Å²) in [6, 6.07) is 20.2. The second kappa shape index (κ2) is 10.1. The second-order valence-corrected chi connectivity index (χ2v) is 6.14. The van der Waals surface area contributed by atoms with Crippen molar-refractivity contribution >= 4 is 28.6 Å². The van der Waals surface area contributed by atoms with Gasteiger partial charge in [0.1, 0.15) is 0 Å². The molecule has 0 spiro atoms. The summed E-state index contributed by atoms with van der Waals surface area (Å²) in [6.45, 7) is 5.82. The molecule has 0 unspecified atom stereocenters. The number of aryl methyl sites for hydroxylation is 1. The normalized spacial score (nSPS) is 9.92. The van der Waals surface area contributed by atoms with Gasteiger partial charge in [-0.3, -0.25) is 4.79 Å². The van der Waals surface area contributed by atoms with Crippen molar-refractivity contribution < 1.29 is 4.79 Å². The molecular weight excluding hydrogens is 322 g/mol. The Morgan fingerprint density at radius 2 is 1.81 bits per heavy atom. The molecular formula is C22H27N3O. The van der Waals surface area contributed by atoms with Gasteiger partial charge in [0.2, 0.25) is 6.41 Å². The Labute approximate surface area is 155 Å². The molecule has 136 valence electrons. The molecule has 0 fully saturated rings. The van der Waals surface area contributed by atoms with Gasteiger partial charge in [-0.25, -0.2) is 0 Å². The summed E-state index contributed by atoms with van der Waals surface area (Å²) >= 11 is 0. The van der Waals surface area contributed by atoms with Crippen molar-refractivity contribution in [1.29, 1.82) is 0 Å². The Hall–Kier alpha value is -3.01. The van der Waals surface area contributed by atoms with Gasteiger partial charge in [0.25, 0.3) is 0 Å². The summed E-state index contributed by atoms with van der Waals surface area (Å²) < 4.78 is 0. The van der Waals surface area contributed by atoms with Crippen LogP contribution in [0, 0.1) is 6.92 Å². The van der Waals surface area contributed by atoms with Crippen molar-refractivity contribution in [2.24, 2.45) is 0 Å². The monoisotopic (exact) mass is 349 g/mol. The van der Waals surface area contributed by atoms with Crippen LogP contribution in [0.3, 0.4) is 0 Å². The van der Waals surface area contributed by atoms with Gasteiger partial charge in [0.05, 0.1) is 0 Å². The molecule has 4 nitrogen and oxygen atoms in total. The Kier molecular flexibility index (Phi) is 7.49. The van der Waals surface area contributed by atoms with Crippen LogP contribution in [-0.4, -0.2) is 13.0 Å². The summed E-state index contributed by atoms with van der Waals surface area (Å²) in [4.78, 5) is 10.2. The van der Waals surface area contributed by atoms with Crippen molar-refractivity contribution in [2.75, 3.05) is 17.6 Å². The fourth-order valence-corrected chi connectivity index (χ4v) is 2.74. The van der Waals surface area contributed by atoms with Crippen molar-refractivity contribution in [1.82, 2.24) is 5.32 Å². The van der Waals surface area contributed by atoms with Crippen LogP contribution in [0.5, 0.6) is 0 Å². The molecule has 3 aromatic carbocycles. The first-order valence-electron chi connectivity index (χ1n) is 8.89. The number of hydrogen-bond acceptors (Lipinski definition) is 3. The summed E-state index contributed by atoms with van der Waals surface area (Å²) in [5.74, 6) is 0. The number of rotatable bonds is 6. The minimum atomic E-state index is 0.588. The van der Waals surface area contributed by atoms with Gasteiger partial charge in [0.15, 0.2) is 0 Å². The van der Waals surface area contributed by atoms with E-state index in [0.29, 0.717) is 6.54 Å². The van der Waals surface area contributed by atoms with E-state index in [2.05, 4.69) is 42.7 Å². The van der Waals surface area contributed by atoms with E-state index in [0.717, 1.165) is 30.6 Å². The molecule has 0 bridgehead atoms. The van der Waals surface area contributed by atoms with E-state index >= 15 is 0 Å². The number of nitrogen functional groups attached to an aromatic ring is 1. The first-order valence-corrected chi connectivity index (χ1v) is 8.89. The van der Waals surface area contributed by atoms with E-state index in [1.54, 1.807) is 0 Å². The number of amides is 1. The van der Waals surface area contributed by atoms with Gasteiger partial charge < -0.3 is 16.4 Å². The average Bonchev–Trinajstić information content (AvgIpc) is 2.66. The summed E-state index contributed by atoms with van der Waals surface area (Å²) in [7, 11) is 0. The predicted molar refractivity (Wildman–Crippen MR) is 111 cm³/mol. The van der Waals surface area contributed by atoms with Crippen LogP contribution < -0.4 is 16.4 Å². The molecule has 0 heterocycles. The van der Waals surface area contributed by atoms with Gasteiger partial charge in [-0.15, -0.1) is 0 Å². The van der Waals surface area contributed by atoms with E-state index in [1.807, 2.05) is 42.5 Å². The molecule has 0 atom stereocenters. The van der Waals surface area contributed by atoms with E-state index < -0.39 is 0 Å². The lowest BCUT2D eigenvalue weighted by Crippen LogP contribution is -2.09. The van der Waals surface area contributed by atoms with E-state index in [9.17, 15) is 4.79 Å². The highest BCUT2D eigenvalue weighted by molar-refractivity contribution is 5.85. The summed E-state index contributed by atoms with van der Waals surface area (Å²) in [6.07, 6.45) is 1.87. The van der Waals surface area contributed by atoms with Crippen LogP contribution in [0.4, 0.5) is 11.4 Å².